The number of rotatable bonds is 16. The summed E-state index contributed by atoms with van der Waals surface area (Å²) in [7, 11) is 0. The summed E-state index contributed by atoms with van der Waals surface area (Å²) in [5.41, 5.74) is 10.3. The van der Waals surface area contributed by atoms with Crippen LogP contribution in [0.4, 0.5) is 0 Å². The van der Waals surface area contributed by atoms with Crippen molar-refractivity contribution in [3.05, 3.63) is 0 Å². The van der Waals surface area contributed by atoms with Crippen LogP contribution in [0, 0.1) is 0 Å². The maximum absolute atomic E-state index is 10.3. The van der Waals surface area contributed by atoms with Gasteiger partial charge in [-0.15, -0.1) is 0 Å². The molecule has 0 amide bonds. The number of hydrogen-bond donors (Lipinski definition) is 4. The van der Waals surface area contributed by atoms with Gasteiger partial charge in [-0.1, -0.05) is 71.1 Å². The van der Waals surface area contributed by atoms with E-state index in [1.54, 1.807) is 0 Å². The van der Waals surface area contributed by atoms with Crippen molar-refractivity contribution in [3.63, 3.8) is 0 Å². The molecule has 0 heterocycles. The molecular formula is C19H40N2O4. The van der Waals surface area contributed by atoms with Gasteiger partial charge in [0.1, 0.15) is 6.04 Å². The summed E-state index contributed by atoms with van der Waals surface area (Å²) in [5.74, 6) is -1.61. The van der Waals surface area contributed by atoms with Gasteiger partial charge < -0.3 is 21.7 Å². The van der Waals surface area contributed by atoms with Crippen LogP contribution in [-0.2, 0) is 9.59 Å². The summed E-state index contributed by atoms with van der Waals surface area (Å²) in [6.45, 7) is 2.75. The van der Waals surface area contributed by atoms with Gasteiger partial charge in [0, 0.05) is 6.42 Å². The minimum atomic E-state index is -0.955. The summed E-state index contributed by atoms with van der Waals surface area (Å²) in [6.07, 6.45) is 15.5. The third-order valence-electron chi connectivity index (χ3n) is 4.03. The minimum absolute atomic E-state index is 0.344. The average Bonchev–Trinajstić information content (AvgIpc) is 2.57. The van der Waals surface area contributed by atoms with Crippen molar-refractivity contribution in [2.24, 2.45) is 11.5 Å². The summed E-state index contributed by atoms with van der Waals surface area (Å²) < 4.78 is 0. The van der Waals surface area contributed by atoms with E-state index in [2.05, 4.69) is 6.92 Å². The molecular weight excluding hydrogens is 320 g/mol. The van der Waals surface area contributed by atoms with Gasteiger partial charge in [-0.3, -0.25) is 9.59 Å². The van der Waals surface area contributed by atoms with E-state index in [-0.39, 0.29) is 0 Å². The molecule has 0 saturated heterocycles. The van der Waals surface area contributed by atoms with E-state index in [0.717, 1.165) is 12.8 Å². The SMILES string of the molecule is CCCCCCCCCCCCCC(=O)O.NCCCC(N)C(=O)O. The monoisotopic (exact) mass is 360 g/mol. The summed E-state index contributed by atoms with van der Waals surface area (Å²) in [6, 6.07) is -0.742. The highest BCUT2D eigenvalue weighted by Gasteiger charge is 2.08. The number of nitrogens with two attached hydrogens (primary N) is 2. The smallest absolute Gasteiger partial charge is 0.320 e. The molecule has 0 aromatic carbocycles. The van der Waals surface area contributed by atoms with Gasteiger partial charge in [0.25, 0.3) is 0 Å². The highest BCUT2D eigenvalue weighted by atomic mass is 16.4. The normalized spacial score (nSPS) is 11.5. The molecule has 0 rings (SSSR count). The zero-order valence-electron chi connectivity index (χ0n) is 16.0. The van der Waals surface area contributed by atoms with Crippen molar-refractivity contribution in [2.75, 3.05) is 6.54 Å². The molecule has 25 heavy (non-hydrogen) atoms. The Labute approximate surface area is 153 Å². The Balaban J connectivity index is 0. The molecule has 0 spiro atoms. The molecule has 150 valence electrons. The molecule has 6 heteroatoms. The van der Waals surface area contributed by atoms with Gasteiger partial charge >= 0.3 is 11.9 Å². The first kappa shape index (κ1) is 26.1. The predicted octanol–water partition coefficient (Wildman–Crippen LogP) is 3.91. The van der Waals surface area contributed by atoms with E-state index in [1.165, 1.54) is 57.8 Å². The predicted molar refractivity (Wildman–Crippen MR) is 103 cm³/mol. The van der Waals surface area contributed by atoms with Crippen molar-refractivity contribution in [2.45, 2.75) is 103 Å². The van der Waals surface area contributed by atoms with Crippen LogP contribution in [0.2, 0.25) is 0 Å². The zero-order valence-corrected chi connectivity index (χ0v) is 16.0. The molecule has 6 nitrogen and oxygen atoms in total. The van der Waals surface area contributed by atoms with Crippen molar-refractivity contribution < 1.29 is 19.8 Å². The lowest BCUT2D eigenvalue weighted by Crippen LogP contribution is -2.30. The van der Waals surface area contributed by atoms with Crippen LogP contribution in [0.3, 0.4) is 0 Å². The Morgan fingerprint density at radius 3 is 1.60 bits per heavy atom. The zero-order chi connectivity index (χ0) is 19.3. The van der Waals surface area contributed by atoms with Crippen LogP contribution in [0.15, 0.2) is 0 Å². The first-order chi connectivity index (χ1) is 12.0. The summed E-state index contributed by atoms with van der Waals surface area (Å²) >= 11 is 0. The lowest BCUT2D eigenvalue weighted by Gasteiger charge is -2.02. The fourth-order valence-corrected chi connectivity index (χ4v) is 2.40. The molecule has 0 saturated carbocycles. The first-order valence-corrected chi connectivity index (χ1v) is 9.85. The lowest BCUT2D eigenvalue weighted by atomic mass is 10.1. The van der Waals surface area contributed by atoms with Crippen LogP contribution in [0.25, 0.3) is 0 Å². The molecule has 1 unspecified atom stereocenters. The van der Waals surface area contributed by atoms with Gasteiger partial charge in [0.05, 0.1) is 0 Å². The van der Waals surface area contributed by atoms with Crippen LogP contribution in [0.5, 0.6) is 0 Å². The maximum atomic E-state index is 10.3. The molecule has 1 atom stereocenters. The molecule has 0 aliphatic heterocycles. The molecule has 6 N–H and O–H groups in total. The molecule has 0 bridgehead atoms. The standard InChI is InChI=1S/C14H28O2.C5H12N2O2/c1-2-3-4-5-6-7-8-9-10-11-12-13-14(15)16;6-3-1-2-4(7)5(8)9/h2-13H2,1H3,(H,15,16);4H,1-3,6-7H2,(H,8,9). The van der Waals surface area contributed by atoms with Crippen LogP contribution < -0.4 is 11.5 Å². The highest BCUT2D eigenvalue weighted by molar-refractivity contribution is 5.72. The Morgan fingerprint density at radius 2 is 1.24 bits per heavy atom. The minimum Gasteiger partial charge on any atom is -0.481 e. The van der Waals surface area contributed by atoms with E-state index in [1.807, 2.05) is 0 Å². The molecule has 0 aromatic rings. The Morgan fingerprint density at radius 1 is 0.800 bits per heavy atom. The van der Waals surface area contributed by atoms with Crippen molar-refractivity contribution in [1.29, 1.82) is 0 Å². The number of carbonyl (C=O) groups is 2. The Hall–Kier alpha value is -1.14. The molecule has 0 aliphatic carbocycles. The van der Waals surface area contributed by atoms with Gasteiger partial charge in [-0.2, -0.15) is 0 Å². The maximum Gasteiger partial charge on any atom is 0.320 e. The van der Waals surface area contributed by atoms with Gasteiger partial charge in [0.2, 0.25) is 0 Å². The highest BCUT2D eigenvalue weighted by Crippen LogP contribution is 2.11. The second-order valence-corrected chi connectivity index (χ2v) is 6.55. The van der Waals surface area contributed by atoms with E-state index >= 15 is 0 Å². The Bertz CT molecular complexity index is 312. The van der Waals surface area contributed by atoms with Crippen molar-refractivity contribution in [1.82, 2.24) is 0 Å². The lowest BCUT2D eigenvalue weighted by molar-refractivity contribution is -0.139. The fraction of sp³-hybridized carbons (Fsp3) is 0.895. The van der Waals surface area contributed by atoms with Gasteiger partial charge in [-0.25, -0.2) is 0 Å². The number of unbranched alkanes of at least 4 members (excludes halogenated alkanes) is 10. The number of aliphatic carboxylic acids is 2. The average molecular weight is 361 g/mol. The van der Waals surface area contributed by atoms with E-state index < -0.39 is 18.0 Å². The number of hydrogen-bond acceptors (Lipinski definition) is 4. The van der Waals surface area contributed by atoms with Crippen LogP contribution >= 0.6 is 0 Å². The second-order valence-electron chi connectivity index (χ2n) is 6.55. The van der Waals surface area contributed by atoms with E-state index in [4.69, 9.17) is 21.7 Å². The van der Waals surface area contributed by atoms with E-state index in [0.29, 0.717) is 25.8 Å². The van der Waals surface area contributed by atoms with E-state index in [9.17, 15) is 9.59 Å². The van der Waals surface area contributed by atoms with Crippen molar-refractivity contribution in [3.8, 4) is 0 Å². The quantitative estimate of drug-likeness (QED) is 0.309. The molecule has 0 radical (unpaired) electrons. The molecule has 0 aliphatic rings. The third-order valence-corrected chi connectivity index (χ3v) is 4.03. The topological polar surface area (TPSA) is 127 Å². The van der Waals surface area contributed by atoms with Crippen LogP contribution in [-0.4, -0.2) is 34.7 Å². The molecule has 0 fully saturated rings. The Kier molecular flexibility index (Phi) is 21.8. The first-order valence-electron chi connectivity index (χ1n) is 9.85. The summed E-state index contributed by atoms with van der Waals surface area (Å²) in [5, 5.41) is 16.7. The van der Waals surface area contributed by atoms with Gasteiger partial charge in [0.15, 0.2) is 0 Å². The second kappa shape index (κ2) is 20.9. The number of carboxylic acids is 2. The molecule has 0 aromatic heterocycles. The largest absolute Gasteiger partial charge is 0.481 e. The number of carboxylic acid groups (broad SMARTS) is 2. The van der Waals surface area contributed by atoms with Gasteiger partial charge in [-0.05, 0) is 25.8 Å². The summed E-state index contributed by atoms with van der Waals surface area (Å²) in [4.78, 5) is 20.3. The fourth-order valence-electron chi connectivity index (χ4n) is 2.40. The van der Waals surface area contributed by atoms with Crippen molar-refractivity contribution >= 4 is 11.9 Å². The van der Waals surface area contributed by atoms with Crippen LogP contribution in [0.1, 0.15) is 96.8 Å². The third kappa shape index (κ3) is 25.2.